The van der Waals surface area contributed by atoms with Crippen LogP contribution in [0.4, 0.5) is 0 Å². The third-order valence-corrected chi connectivity index (χ3v) is 2.85. The Hall–Kier alpha value is -2.00. The van der Waals surface area contributed by atoms with Crippen molar-refractivity contribution in [3.63, 3.8) is 0 Å². The largest absolute Gasteiger partial charge is 0.0622 e. The zero-order chi connectivity index (χ0) is 13.0. The maximum atomic E-state index is 3.29. The van der Waals surface area contributed by atoms with Gasteiger partial charge in [-0.25, -0.2) is 0 Å². The van der Waals surface area contributed by atoms with Crippen LogP contribution in [-0.2, 0) is 5.41 Å². The minimum Gasteiger partial charge on any atom is -0.0622 e. The average Bonchev–Trinajstić information content (AvgIpc) is 2.37. The maximum Gasteiger partial charge on any atom is 0.0286 e. The van der Waals surface area contributed by atoms with E-state index in [1.54, 1.807) is 0 Å². The Balaban J connectivity index is 2.39. The first-order chi connectivity index (χ1) is 8.57. The normalized spacial score (nSPS) is 10.6. The lowest BCUT2D eigenvalue weighted by atomic mass is 9.84. The van der Waals surface area contributed by atoms with Crippen LogP contribution in [0.25, 0.3) is 0 Å². The van der Waals surface area contributed by atoms with Crippen molar-refractivity contribution in [1.29, 1.82) is 0 Å². The molecule has 18 heavy (non-hydrogen) atoms. The van der Waals surface area contributed by atoms with Crippen LogP contribution in [-0.4, -0.2) is 0 Å². The van der Waals surface area contributed by atoms with Crippen molar-refractivity contribution in [1.82, 2.24) is 0 Å². The third kappa shape index (κ3) is 3.02. The van der Waals surface area contributed by atoms with E-state index < -0.39 is 0 Å². The van der Waals surface area contributed by atoms with Crippen molar-refractivity contribution >= 4 is 0 Å². The molecular weight excluding hydrogens is 216 g/mol. The molecule has 0 saturated carbocycles. The standard InChI is InChI=1S/C18H18/c1-18(2,3)17-12-8-7-11-16(17)14-13-15-9-5-4-6-10-15/h4-12H,1-3H3. The first kappa shape index (κ1) is 12.5. The van der Waals surface area contributed by atoms with Crippen molar-refractivity contribution in [2.24, 2.45) is 0 Å². The Kier molecular flexibility index (Phi) is 3.53. The molecular formula is C18H18. The third-order valence-electron chi connectivity index (χ3n) is 2.85. The molecule has 0 nitrogen and oxygen atoms in total. The fourth-order valence-corrected chi connectivity index (χ4v) is 1.91. The van der Waals surface area contributed by atoms with Crippen LogP contribution in [0.15, 0.2) is 54.6 Å². The van der Waals surface area contributed by atoms with Gasteiger partial charge in [0.2, 0.25) is 0 Å². The zero-order valence-electron chi connectivity index (χ0n) is 11.2. The Labute approximate surface area is 110 Å². The van der Waals surface area contributed by atoms with Crippen molar-refractivity contribution in [3.8, 4) is 11.8 Å². The number of rotatable bonds is 0. The summed E-state index contributed by atoms with van der Waals surface area (Å²) in [6, 6.07) is 18.5. The molecule has 0 atom stereocenters. The van der Waals surface area contributed by atoms with E-state index in [1.165, 1.54) is 5.56 Å². The molecule has 2 aromatic carbocycles. The maximum absolute atomic E-state index is 3.29. The fourth-order valence-electron chi connectivity index (χ4n) is 1.91. The van der Waals surface area contributed by atoms with Gasteiger partial charge in [-0.05, 0) is 29.2 Å². The molecule has 2 rings (SSSR count). The first-order valence-corrected chi connectivity index (χ1v) is 6.24. The second-order valence-electron chi connectivity index (χ2n) is 5.41. The highest BCUT2D eigenvalue weighted by atomic mass is 14.2. The Morgan fingerprint density at radius 3 is 2.00 bits per heavy atom. The molecule has 0 amide bonds. The van der Waals surface area contributed by atoms with Gasteiger partial charge in [-0.15, -0.1) is 0 Å². The van der Waals surface area contributed by atoms with Gasteiger partial charge < -0.3 is 0 Å². The summed E-state index contributed by atoms with van der Waals surface area (Å²) < 4.78 is 0. The van der Waals surface area contributed by atoms with Gasteiger partial charge >= 0.3 is 0 Å². The molecule has 0 heteroatoms. The lowest BCUT2D eigenvalue weighted by molar-refractivity contribution is 0.589. The van der Waals surface area contributed by atoms with Crippen LogP contribution in [0, 0.1) is 11.8 Å². The Morgan fingerprint density at radius 2 is 1.33 bits per heavy atom. The van der Waals surface area contributed by atoms with Gasteiger partial charge in [-0.2, -0.15) is 0 Å². The van der Waals surface area contributed by atoms with E-state index in [2.05, 4.69) is 50.8 Å². The van der Waals surface area contributed by atoms with Gasteiger partial charge in [0.15, 0.2) is 0 Å². The summed E-state index contributed by atoms with van der Waals surface area (Å²) in [5.41, 5.74) is 3.60. The second kappa shape index (κ2) is 5.10. The molecule has 90 valence electrons. The predicted molar refractivity (Wildman–Crippen MR) is 77.6 cm³/mol. The van der Waals surface area contributed by atoms with Gasteiger partial charge in [0.25, 0.3) is 0 Å². The molecule has 2 aromatic rings. The molecule has 0 unspecified atom stereocenters. The van der Waals surface area contributed by atoms with Gasteiger partial charge in [0, 0.05) is 11.1 Å². The lowest BCUT2D eigenvalue weighted by Gasteiger charge is -2.20. The van der Waals surface area contributed by atoms with E-state index in [1.807, 2.05) is 36.4 Å². The fraction of sp³-hybridized carbons (Fsp3) is 0.222. The molecule has 0 fully saturated rings. The molecule has 0 radical (unpaired) electrons. The van der Waals surface area contributed by atoms with Gasteiger partial charge in [0.05, 0.1) is 0 Å². The topological polar surface area (TPSA) is 0 Å². The summed E-state index contributed by atoms with van der Waals surface area (Å²) >= 11 is 0. The van der Waals surface area contributed by atoms with E-state index in [9.17, 15) is 0 Å². The van der Waals surface area contributed by atoms with Crippen molar-refractivity contribution < 1.29 is 0 Å². The summed E-state index contributed by atoms with van der Waals surface area (Å²) in [6.45, 7) is 6.65. The average molecular weight is 234 g/mol. The van der Waals surface area contributed by atoms with Crippen molar-refractivity contribution in [2.75, 3.05) is 0 Å². The highest BCUT2D eigenvalue weighted by Crippen LogP contribution is 2.25. The van der Waals surface area contributed by atoms with Crippen molar-refractivity contribution in [3.05, 3.63) is 71.3 Å². The van der Waals surface area contributed by atoms with Crippen LogP contribution in [0.5, 0.6) is 0 Å². The summed E-state index contributed by atoms with van der Waals surface area (Å²) in [5.74, 6) is 6.51. The monoisotopic (exact) mass is 234 g/mol. The number of benzene rings is 2. The molecule has 0 bridgehead atoms. The predicted octanol–water partition coefficient (Wildman–Crippen LogP) is 4.38. The van der Waals surface area contributed by atoms with Crippen LogP contribution in [0.2, 0.25) is 0 Å². The first-order valence-electron chi connectivity index (χ1n) is 6.24. The zero-order valence-corrected chi connectivity index (χ0v) is 11.2. The second-order valence-corrected chi connectivity index (χ2v) is 5.41. The van der Waals surface area contributed by atoms with Gasteiger partial charge in [-0.3, -0.25) is 0 Å². The smallest absolute Gasteiger partial charge is 0.0286 e. The van der Waals surface area contributed by atoms with E-state index in [-0.39, 0.29) is 5.41 Å². The molecule has 0 aliphatic rings. The quantitative estimate of drug-likeness (QED) is 0.593. The van der Waals surface area contributed by atoms with E-state index in [4.69, 9.17) is 0 Å². The Bertz CT molecular complexity index is 575. The highest BCUT2D eigenvalue weighted by molar-refractivity contribution is 5.48. The minimum absolute atomic E-state index is 0.127. The molecule has 0 aliphatic carbocycles. The van der Waals surface area contributed by atoms with Gasteiger partial charge in [-0.1, -0.05) is 69.0 Å². The van der Waals surface area contributed by atoms with Gasteiger partial charge in [0.1, 0.15) is 0 Å². The minimum atomic E-state index is 0.127. The molecule has 0 saturated heterocycles. The van der Waals surface area contributed by atoms with E-state index >= 15 is 0 Å². The van der Waals surface area contributed by atoms with E-state index in [0.717, 1.165) is 11.1 Å². The molecule has 0 heterocycles. The van der Waals surface area contributed by atoms with Crippen LogP contribution in [0.3, 0.4) is 0 Å². The summed E-state index contributed by atoms with van der Waals surface area (Å²) in [7, 11) is 0. The Morgan fingerprint density at radius 1 is 0.722 bits per heavy atom. The number of hydrogen-bond acceptors (Lipinski definition) is 0. The van der Waals surface area contributed by atoms with Crippen LogP contribution >= 0.6 is 0 Å². The van der Waals surface area contributed by atoms with E-state index in [0.29, 0.717) is 0 Å². The van der Waals surface area contributed by atoms with Crippen LogP contribution in [0.1, 0.15) is 37.5 Å². The summed E-state index contributed by atoms with van der Waals surface area (Å²) in [6.07, 6.45) is 0. The summed E-state index contributed by atoms with van der Waals surface area (Å²) in [5, 5.41) is 0. The van der Waals surface area contributed by atoms with Crippen LogP contribution < -0.4 is 0 Å². The lowest BCUT2D eigenvalue weighted by Crippen LogP contribution is -2.12. The highest BCUT2D eigenvalue weighted by Gasteiger charge is 2.16. The molecule has 0 spiro atoms. The SMILES string of the molecule is CC(C)(C)c1ccccc1C#Cc1ccccc1. The van der Waals surface area contributed by atoms with Crippen molar-refractivity contribution in [2.45, 2.75) is 26.2 Å². The summed E-state index contributed by atoms with van der Waals surface area (Å²) in [4.78, 5) is 0. The molecule has 0 N–H and O–H groups in total. The molecule has 0 aliphatic heterocycles. The number of hydrogen-bond donors (Lipinski definition) is 0. The molecule has 0 aromatic heterocycles.